The third-order valence-electron chi connectivity index (χ3n) is 2.51. The predicted molar refractivity (Wildman–Crippen MR) is 71.3 cm³/mol. The highest BCUT2D eigenvalue weighted by Crippen LogP contribution is 2.24. The van der Waals surface area contributed by atoms with Gasteiger partial charge in [0, 0.05) is 17.7 Å². The fourth-order valence-electron chi connectivity index (χ4n) is 1.55. The maximum Gasteiger partial charge on any atom is 0.321 e. The zero-order valence-corrected chi connectivity index (χ0v) is 11.0. The Morgan fingerprint density at radius 1 is 1.25 bits per heavy atom. The number of rotatable bonds is 5. The molecule has 104 valence electrons. The number of hydrogen-bond donors (Lipinski definition) is 0. The molecule has 0 N–H and O–H groups in total. The Bertz CT molecular complexity index is 620. The first-order valence-corrected chi connectivity index (χ1v) is 6.18. The minimum atomic E-state index is -0.528. The van der Waals surface area contributed by atoms with E-state index in [1.54, 1.807) is 24.3 Å². The number of furan rings is 1. The SMILES string of the molecule is O=C(CCl)OCc1ccc(-c2ccc([N+](=O)[O-])cc2)o1. The first-order valence-electron chi connectivity index (χ1n) is 5.65. The van der Waals surface area contributed by atoms with Gasteiger partial charge in [-0.15, -0.1) is 11.6 Å². The average molecular weight is 296 g/mol. The molecule has 0 spiro atoms. The van der Waals surface area contributed by atoms with Crippen molar-refractivity contribution in [3.63, 3.8) is 0 Å². The van der Waals surface area contributed by atoms with Gasteiger partial charge in [0.15, 0.2) is 0 Å². The normalized spacial score (nSPS) is 10.2. The first kappa shape index (κ1) is 14.1. The van der Waals surface area contributed by atoms with Crippen molar-refractivity contribution in [2.75, 3.05) is 5.88 Å². The molecule has 0 fully saturated rings. The lowest BCUT2D eigenvalue weighted by Gasteiger charge is -2.00. The molecule has 20 heavy (non-hydrogen) atoms. The van der Waals surface area contributed by atoms with E-state index in [1.807, 2.05) is 0 Å². The number of carbonyl (C=O) groups excluding carboxylic acids is 1. The number of carbonyl (C=O) groups is 1. The van der Waals surface area contributed by atoms with Gasteiger partial charge in [0.2, 0.25) is 0 Å². The van der Waals surface area contributed by atoms with Crippen LogP contribution < -0.4 is 0 Å². The maximum absolute atomic E-state index is 10.9. The molecule has 0 aliphatic heterocycles. The lowest BCUT2D eigenvalue weighted by atomic mass is 10.1. The second kappa shape index (κ2) is 6.21. The number of esters is 1. The van der Waals surface area contributed by atoms with Crippen molar-refractivity contribution in [1.82, 2.24) is 0 Å². The molecule has 1 aromatic heterocycles. The number of nitro benzene ring substituents is 1. The second-order valence-corrected chi connectivity index (χ2v) is 4.13. The van der Waals surface area contributed by atoms with Crippen molar-refractivity contribution in [3.8, 4) is 11.3 Å². The van der Waals surface area contributed by atoms with Crippen LogP contribution in [0, 0.1) is 10.1 Å². The molecule has 1 aromatic carbocycles. The summed E-state index contributed by atoms with van der Waals surface area (Å²) < 4.78 is 10.3. The van der Waals surface area contributed by atoms with Gasteiger partial charge in [-0.3, -0.25) is 14.9 Å². The molecule has 0 saturated carbocycles. The van der Waals surface area contributed by atoms with Crippen molar-refractivity contribution < 1.29 is 18.9 Å². The molecule has 1 heterocycles. The molecular formula is C13H10ClNO5. The highest BCUT2D eigenvalue weighted by Gasteiger charge is 2.09. The second-order valence-electron chi connectivity index (χ2n) is 3.86. The molecule has 0 bridgehead atoms. The van der Waals surface area contributed by atoms with Crippen LogP contribution in [-0.2, 0) is 16.1 Å². The maximum atomic E-state index is 10.9. The Kier molecular flexibility index (Phi) is 4.37. The van der Waals surface area contributed by atoms with Crippen molar-refractivity contribution in [2.24, 2.45) is 0 Å². The predicted octanol–water partition coefficient (Wildman–Crippen LogP) is 3.14. The van der Waals surface area contributed by atoms with E-state index in [-0.39, 0.29) is 18.2 Å². The van der Waals surface area contributed by atoms with E-state index in [9.17, 15) is 14.9 Å². The summed E-state index contributed by atoms with van der Waals surface area (Å²) in [6.07, 6.45) is 0. The van der Waals surface area contributed by atoms with Crippen LogP contribution in [0.2, 0.25) is 0 Å². The van der Waals surface area contributed by atoms with E-state index in [2.05, 4.69) is 0 Å². The Morgan fingerprint density at radius 3 is 2.55 bits per heavy atom. The highest BCUT2D eigenvalue weighted by atomic mass is 35.5. The number of alkyl halides is 1. The molecule has 0 radical (unpaired) electrons. The van der Waals surface area contributed by atoms with E-state index < -0.39 is 10.9 Å². The van der Waals surface area contributed by atoms with Crippen LogP contribution in [0.15, 0.2) is 40.8 Å². The van der Waals surface area contributed by atoms with Crippen molar-refractivity contribution in [2.45, 2.75) is 6.61 Å². The number of benzene rings is 1. The van der Waals surface area contributed by atoms with Gasteiger partial charge in [-0.1, -0.05) is 0 Å². The van der Waals surface area contributed by atoms with E-state index in [0.29, 0.717) is 17.1 Å². The summed E-state index contributed by atoms with van der Waals surface area (Å²) in [6, 6.07) is 9.33. The Hall–Kier alpha value is -2.34. The van der Waals surface area contributed by atoms with Gasteiger partial charge < -0.3 is 9.15 Å². The number of halogens is 1. The van der Waals surface area contributed by atoms with Gasteiger partial charge in [-0.25, -0.2) is 0 Å². The number of ether oxygens (including phenoxy) is 1. The molecule has 0 unspecified atom stereocenters. The van der Waals surface area contributed by atoms with Gasteiger partial charge in [-0.05, 0) is 24.3 Å². The Balaban J connectivity index is 2.08. The van der Waals surface area contributed by atoms with Gasteiger partial charge in [0.25, 0.3) is 5.69 Å². The van der Waals surface area contributed by atoms with Crippen LogP contribution in [0.3, 0.4) is 0 Å². The van der Waals surface area contributed by atoms with Gasteiger partial charge >= 0.3 is 5.97 Å². The van der Waals surface area contributed by atoms with Crippen molar-refractivity contribution >= 4 is 23.3 Å². The largest absolute Gasteiger partial charge is 0.457 e. The van der Waals surface area contributed by atoms with Crippen LogP contribution in [0.5, 0.6) is 0 Å². The van der Waals surface area contributed by atoms with E-state index in [4.69, 9.17) is 20.8 Å². The van der Waals surface area contributed by atoms with E-state index in [1.165, 1.54) is 12.1 Å². The zero-order valence-electron chi connectivity index (χ0n) is 10.2. The number of nitrogens with zero attached hydrogens (tertiary/aromatic N) is 1. The minimum absolute atomic E-state index is 0.00145. The number of hydrogen-bond acceptors (Lipinski definition) is 5. The summed E-state index contributed by atoms with van der Waals surface area (Å²) in [5, 5.41) is 10.6. The average Bonchev–Trinajstić information content (AvgIpc) is 2.93. The molecule has 0 aliphatic rings. The molecule has 6 nitrogen and oxygen atoms in total. The molecule has 0 amide bonds. The summed E-state index contributed by atoms with van der Waals surface area (Å²) in [4.78, 5) is 21.0. The summed E-state index contributed by atoms with van der Waals surface area (Å²) in [5.74, 6) is 0.268. The summed E-state index contributed by atoms with van der Waals surface area (Å²) in [7, 11) is 0. The fraction of sp³-hybridized carbons (Fsp3) is 0.154. The topological polar surface area (TPSA) is 82.6 Å². The number of non-ortho nitro benzene ring substituents is 1. The van der Waals surface area contributed by atoms with Crippen LogP contribution in [-0.4, -0.2) is 16.8 Å². The van der Waals surface area contributed by atoms with Crippen LogP contribution in [0.4, 0.5) is 5.69 Å². The minimum Gasteiger partial charge on any atom is -0.457 e. The molecular weight excluding hydrogens is 286 g/mol. The third kappa shape index (κ3) is 3.36. The fourth-order valence-corrected chi connectivity index (χ4v) is 1.63. The van der Waals surface area contributed by atoms with E-state index in [0.717, 1.165) is 0 Å². The summed E-state index contributed by atoms with van der Waals surface area (Å²) in [6.45, 7) is -0.00145. The quantitative estimate of drug-likeness (QED) is 0.366. The first-order chi connectivity index (χ1) is 9.60. The lowest BCUT2D eigenvalue weighted by Crippen LogP contribution is -2.04. The van der Waals surface area contributed by atoms with Crippen LogP contribution in [0.1, 0.15) is 5.76 Å². The zero-order chi connectivity index (χ0) is 14.5. The Labute approximate surface area is 119 Å². The molecule has 0 saturated heterocycles. The summed E-state index contributed by atoms with van der Waals surface area (Å²) >= 11 is 5.30. The van der Waals surface area contributed by atoms with E-state index >= 15 is 0 Å². The smallest absolute Gasteiger partial charge is 0.321 e. The highest BCUT2D eigenvalue weighted by molar-refractivity contribution is 6.26. The molecule has 2 aromatic rings. The van der Waals surface area contributed by atoms with Crippen molar-refractivity contribution in [1.29, 1.82) is 0 Å². The number of nitro groups is 1. The summed E-state index contributed by atoms with van der Waals surface area (Å²) in [5.41, 5.74) is 0.710. The standard InChI is InChI=1S/C13H10ClNO5/c14-7-13(16)19-8-11-5-6-12(20-11)9-1-3-10(4-2-9)15(17)18/h1-6H,7-8H2. The van der Waals surface area contributed by atoms with Crippen LogP contribution in [0.25, 0.3) is 11.3 Å². The van der Waals surface area contributed by atoms with Crippen LogP contribution >= 0.6 is 11.6 Å². The van der Waals surface area contributed by atoms with Gasteiger partial charge in [-0.2, -0.15) is 0 Å². The van der Waals surface area contributed by atoms with Gasteiger partial charge in [0.1, 0.15) is 24.0 Å². The van der Waals surface area contributed by atoms with Crippen molar-refractivity contribution in [3.05, 3.63) is 52.3 Å². The molecule has 2 rings (SSSR count). The molecule has 0 atom stereocenters. The third-order valence-corrected chi connectivity index (χ3v) is 2.73. The molecule has 7 heteroatoms. The monoisotopic (exact) mass is 295 g/mol. The lowest BCUT2D eigenvalue weighted by molar-refractivity contribution is -0.384. The Morgan fingerprint density at radius 2 is 1.95 bits per heavy atom. The van der Waals surface area contributed by atoms with Gasteiger partial charge in [0.05, 0.1) is 4.92 Å². The molecule has 0 aliphatic carbocycles.